The standard InChI is InChI=1S/C41H46N2O6Si/c1-41(2,3)50(5,6)49-28-32-25-42(24-29-16-10-7-11-17-29)34-23-36(47-26-30-18-12-8-13-19-30)38-33(37(32)34)22-35(39(44)46-4)43(38)40(45)48-27-31-20-14-9-15-21-31/h7-23,32H,24-28H2,1-6H3/t32-/m0/s1. The summed E-state index contributed by atoms with van der Waals surface area (Å²) in [6.07, 6.45) is -0.693. The molecular weight excluding hydrogens is 645 g/mol. The van der Waals surface area contributed by atoms with Crippen LogP contribution in [-0.4, -0.2) is 45.2 Å². The maximum Gasteiger partial charge on any atom is 0.419 e. The molecule has 4 aromatic carbocycles. The van der Waals surface area contributed by atoms with Crippen LogP contribution in [0.1, 0.15) is 59.4 Å². The van der Waals surface area contributed by atoms with Crippen molar-refractivity contribution in [2.24, 2.45) is 0 Å². The van der Waals surface area contributed by atoms with Gasteiger partial charge in [-0.15, -0.1) is 0 Å². The van der Waals surface area contributed by atoms with Gasteiger partial charge in [-0.25, -0.2) is 14.2 Å². The largest absolute Gasteiger partial charge is 0.487 e. The fourth-order valence-corrected chi connectivity index (χ4v) is 7.25. The Labute approximate surface area is 295 Å². The summed E-state index contributed by atoms with van der Waals surface area (Å²) in [6, 6.07) is 33.5. The van der Waals surface area contributed by atoms with Gasteiger partial charge in [-0.1, -0.05) is 112 Å². The average molecular weight is 691 g/mol. The zero-order valence-corrected chi connectivity index (χ0v) is 30.8. The van der Waals surface area contributed by atoms with Crippen molar-refractivity contribution in [2.45, 2.75) is 64.6 Å². The number of hydrogen-bond donors (Lipinski definition) is 0. The van der Waals surface area contributed by atoms with E-state index in [9.17, 15) is 9.59 Å². The van der Waals surface area contributed by atoms with Crippen molar-refractivity contribution in [2.75, 3.05) is 25.2 Å². The molecule has 9 heteroatoms. The van der Waals surface area contributed by atoms with Crippen LogP contribution in [0.4, 0.5) is 10.5 Å². The second-order valence-electron chi connectivity index (χ2n) is 14.4. The third-order valence-electron chi connectivity index (χ3n) is 9.94. The molecule has 5 aromatic rings. The van der Waals surface area contributed by atoms with Crippen molar-refractivity contribution >= 4 is 37.0 Å². The van der Waals surface area contributed by atoms with Gasteiger partial charge in [-0.05, 0) is 46.5 Å². The van der Waals surface area contributed by atoms with Crippen LogP contribution in [0.3, 0.4) is 0 Å². The molecule has 0 fully saturated rings. The summed E-state index contributed by atoms with van der Waals surface area (Å²) in [5.41, 5.74) is 5.52. The van der Waals surface area contributed by atoms with E-state index in [1.54, 1.807) is 6.07 Å². The topological polar surface area (TPSA) is 79.2 Å². The van der Waals surface area contributed by atoms with E-state index in [1.165, 1.54) is 17.2 Å². The van der Waals surface area contributed by atoms with Crippen molar-refractivity contribution in [3.63, 3.8) is 0 Å². The summed E-state index contributed by atoms with van der Waals surface area (Å²) in [6.45, 7) is 13.4. The third-order valence-corrected chi connectivity index (χ3v) is 14.4. The van der Waals surface area contributed by atoms with Crippen LogP contribution in [-0.2, 0) is 33.7 Å². The first-order valence-corrected chi connectivity index (χ1v) is 20.0. The number of nitrogens with zero attached hydrogens (tertiary/aromatic N) is 2. The second-order valence-corrected chi connectivity index (χ2v) is 19.2. The second kappa shape index (κ2) is 14.5. The smallest absolute Gasteiger partial charge is 0.419 e. The first-order chi connectivity index (χ1) is 24.0. The van der Waals surface area contributed by atoms with Gasteiger partial charge in [0.2, 0.25) is 0 Å². The lowest BCUT2D eigenvalue weighted by atomic mass is 9.97. The monoisotopic (exact) mass is 690 g/mol. The Kier molecular flexibility index (Phi) is 10.2. The van der Waals surface area contributed by atoms with Crippen molar-refractivity contribution in [1.29, 1.82) is 0 Å². The molecule has 0 bridgehead atoms. The Balaban J connectivity index is 1.52. The summed E-state index contributed by atoms with van der Waals surface area (Å²) in [4.78, 5) is 29.8. The van der Waals surface area contributed by atoms with Gasteiger partial charge in [-0.2, -0.15) is 0 Å². The normalized spacial score (nSPS) is 14.4. The number of rotatable bonds is 11. The van der Waals surface area contributed by atoms with Gasteiger partial charge in [0.1, 0.15) is 30.2 Å². The molecule has 260 valence electrons. The number of hydrogen-bond acceptors (Lipinski definition) is 7. The molecule has 8 nitrogen and oxygen atoms in total. The first kappa shape index (κ1) is 35.0. The Morgan fingerprint density at radius 2 is 1.40 bits per heavy atom. The number of aromatic nitrogens is 1. The zero-order chi connectivity index (χ0) is 35.5. The number of fused-ring (bicyclic) bond motifs is 3. The molecule has 6 rings (SSSR count). The van der Waals surface area contributed by atoms with Gasteiger partial charge in [0, 0.05) is 42.8 Å². The van der Waals surface area contributed by atoms with Crippen LogP contribution in [0.15, 0.2) is 103 Å². The molecule has 1 aromatic heterocycles. The predicted molar refractivity (Wildman–Crippen MR) is 199 cm³/mol. The quantitative estimate of drug-likeness (QED) is 0.101. The van der Waals surface area contributed by atoms with E-state index in [4.69, 9.17) is 18.6 Å². The maximum atomic E-state index is 14.1. The van der Waals surface area contributed by atoms with Crippen molar-refractivity contribution in [1.82, 2.24) is 4.57 Å². The number of ether oxygens (including phenoxy) is 3. The molecule has 1 aliphatic heterocycles. The minimum Gasteiger partial charge on any atom is -0.487 e. The van der Waals surface area contributed by atoms with E-state index in [2.05, 4.69) is 50.9 Å². The molecule has 0 saturated heterocycles. The van der Waals surface area contributed by atoms with Gasteiger partial charge in [0.25, 0.3) is 0 Å². The lowest BCUT2D eigenvalue weighted by Gasteiger charge is -2.37. The number of benzene rings is 4. The van der Waals surface area contributed by atoms with Crippen molar-refractivity contribution in [3.8, 4) is 5.75 Å². The Bertz CT molecular complexity index is 1950. The molecule has 0 unspecified atom stereocenters. The summed E-state index contributed by atoms with van der Waals surface area (Å²) in [5, 5.41) is 0.772. The number of carbonyl (C=O) groups is 2. The number of methoxy groups -OCH3 is 1. The zero-order valence-electron chi connectivity index (χ0n) is 29.8. The third kappa shape index (κ3) is 7.34. The summed E-state index contributed by atoms with van der Waals surface area (Å²) in [7, 11) is -0.791. The van der Waals surface area contributed by atoms with Crippen LogP contribution < -0.4 is 9.64 Å². The summed E-state index contributed by atoms with van der Waals surface area (Å²) in [5.74, 6) is -0.206. The number of anilines is 1. The Hall–Kier alpha value is -4.86. The molecule has 0 amide bonds. The van der Waals surface area contributed by atoms with E-state index >= 15 is 0 Å². The van der Waals surface area contributed by atoms with E-state index < -0.39 is 20.4 Å². The molecule has 0 aliphatic carbocycles. The highest BCUT2D eigenvalue weighted by atomic mass is 28.4. The van der Waals surface area contributed by atoms with E-state index in [-0.39, 0.29) is 29.9 Å². The van der Waals surface area contributed by atoms with Gasteiger partial charge >= 0.3 is 12.1 Å². The lowest BCUT2D eigenvalue weighted by Crippen LogP contribution is -2.42. The van der Waals surface area contributed by atoms with Crippen LogP contribution in [0.25, 0.3) is 10.9 Å². The van der Waals surface area contributed by atoms with Gasteiger partial charge < -0.3 is 23.5 Å². The number of carbonyl (C=O) groups excluding carboxylic acids is 2. The molecule has 0 N–H and O–H groups in total. The molecule has 1 aliphatic rings. The SMILES string of the molecule is COC(=O)c1cc2c3c(cc(OCc4ccccc4)c2n1C(=O)OCc1ccccc1)N(Cc1ccccc1)C[C@H]3CO[Si](C)(C)C(C)(C)C. The summed E-state index contributed by atoms with van der Waals surface area (Å²) < 4.78 is 25.8. The molecule has 2 heterocycles. The minimum absolute atomic E-state index is 0.0322. The lowest BCUT2D eigenvalue weighted by molar-refractivity contribution is 0.0585. The molecular formula is C41H46N2O6Si. The fraction of sp³-hybridized carbons (Fsp3) is 0.317. The van der Waals surface area contributed by atoms with E-state index in [0.717, 1.165) is 27.8 Å². The van der Waals surface area contributed by atoms with Crippen LogP contribution in [0, 0.1) is 0 Å². The molecule has 0 spiro atoms. The molecule has 0 saturated carbocycles. The Morgan fingerprint density at radius 3 is 1.98 bits per heavy atom. The van der Waals surface area contributed by atoms with Gasteiger partial charge in [0.05, 0.1) is 7.11 Å². The van der Waals surface area contributed by atoms with Crippen molar-refractivity contribution < 1.29 is 28.2 Å². The molecule has 1 atom stereocenters. The van der Waals surface area contributed by atoms with Crippen LogP contribution in [0.5, 0.6) is 5.75 Å². The minimum atomic E-state index is -2.11. The average Bonchev–Trinajstić information content (AvgIpc) is 3.68. The van der Waals surface area contributed by atoms with Crippen LogP contribution >= 0.6 is 0 Å². The highest BCUT2D eigenvalue weighted by Gasteiger charge is 2.41. The first-order valence-electron chi connectivity index (χ1n) is 17.1. The van der Waals surface area contributed by atoms with Crippen molar-refractivity contribution in [3.05, 3.63) is 131 Å². The highest BCUT2D eigenvalue weighted by Crippen LogP contribution is 2.48. The van der Waals surface area contributed by atoms with Crippen LogP contribution in [0.2, 0.25) is 18.1 Å². The highest BCUT2D eigenvalue weighted by molar-refractivity contribution is 6.74. The maximum absolute atomic E-state index is 14.1. The molecule has 0 radical (unpaired) electrons. The van der Waals surface area contributed by atoms with Gasteiger partial charge in [0.15, 0.2) is 8.32 Å². The van der Waals surface area contributed by atoms with E-state index in [0.29, 0.717) is 31.0 Å². The predicted octanol–water partition coefficient (Wildman–Crippen LogP) is 9.32. The van der Waals surface area contributed by atoms with Gasteiger partial charge in [-0.3, -0.25) is 0 Å². The summed E-state index contributed by atoms with van der Waals surface area (Å²) >= 11 is 0. The van der Waals surface area contributed by atoms with E-state index in [1.807, 2.05) is 84.9 Å². The molecule has 50 heavy (non-hydrogen) atoms. The Morgan fingerprint density at radius 1 is 0.820 bits per heavy atom. The fourth-order valence-electron chi connectivity index (χ4n) is 6.20. The number of esters is 1.